The van der Waals surface area contributed by atoms with Gasteiger partial charge >= 0.3 is 6.09 Å². The van der Waals surface area contributed by atoms with E-state index < -0.39 is 29.0 Å². The summed E-state index contributed by atoms with van der Waals surface area (Å²) in [4.78, 5) is 53.2. The number of hydrogen-bond donors (Lipinski definition) is 3. The Balaban J connectivity index is 1.47. The summed E-state index contributed by atoms with van der Waals surface area (Å²) in [7, 11) is 0. The zero-order chi connectivity index (χ0) is 29.2. The van der Waals surface area contributed by atoms with E-state index in [1.165, 1.54) is 24.2 Å². The summed E-state index contributed by atoms with van der Waals surface area (Å²) in [6, 6.07) is 3.36. The number of carbonyl (C=O) groups excluding carboxylic acids is 2. The first kappa shape index (κ1) is 28.3. The second kappa shape index (κ2) is 11.3. The molecule has 0 bridgehead atoms. The fraction of sp³-hybridized carbons (Fsp3) is 0.385. The minimum Gasteiger partial charge on any atom is -0.444 e. The first-order chi connectivity index (χ1) is 19.5. The molecule has 0 spiro atoms. The molecule has 2 atom stereocenters. The lowest BCUT2D eigenvalue weighted by molar-refractivity contribution is 0.0563. The molecular formula is C26H28FN9O4S. The van der Waals surface area contributed by atoms with Crippen LogP contribution in [-0.4, -0.2) is 71.6 Å². The average Bonchev–Trinajstić information content (AvgIpc) is 3.33. The number of hydrogen-bond acceptors (Lipinski definition) is 12. The Morgan fingerprint density at radius 3 is 2.61 bits per heavy atom. The second-order valence-electron chi connectivity index (χ2n) is 10.5. The number of halogens is 1. The lowest BCUT2D eigenvalue weighted by Crippen LogP contribution is -2.44. The molecule has 0 aliphatic carbocycles. The fourth-order valence-corrected chi connectivity index (χ4v) is 5.65. The predicted octanol–water partition coefficient (Wildman–Crippen LogP) is 2.50. The quantitative estimate of drug-likeness (QED) is 0.405. The van der Waals surface area contributed by atoms with E-state index in [2.05, 4.69) is 35.6 Å². The van der Waals surface area contributed by atoms with E-state index in [9.17, 15) is 19.1 Å². The largest absolute Gasteiger partial charge is 0.444 e. The van der Waals surface area contributed by atoms with E-state index >= 15 is 0 Å². The summed E-state index contributed by atoms with van der Waals surface area (Å²) in [5.74, 6) is -0.191. The molecule has 5 heterocycles. The summed E-state index contributed by atoms with van der Waals surface area (Å²) in [6.07, 6.45) is 5.76. The molecular weight excluding hydrogens is 553 g/mol. The number of amides is 2. The predicted molar refractivity (Wildman–Crippen MR) is 149 cm³/mol. The van der Waals surface area contributed by atoms with Crippen LogP contribution in [0.4, 0.5) is 20.8 Å². The van der Waals surface area contributed by atoms with Crippen molar-refractivity contribution in [3.63, 3.8) is 0 Å². The van der Waals surface area contributed by atoms with Crippen LogP contribution in [0.15, 0.2) is 48.1 Å². The van der Waals surface area contributed by atoms with Gasteiger partial charge in [0.2, 0.25) is 5.95 Å². The van der Waals surface area contributed by atoms with Crippen molar-refractivity contribution in [2.75, 3.05) is 29.1 Å². The lowest BCUT2D eigenvalue weighted by atomic mass is 9.85. The maximum atomic E-state index is 13.5. The third kappa shape index (κ3) is 6.41. The topological polar surface area (TPSA) is 168 Å². The molecule has 0 radical (unpaired) electrons. The van der Waals surface area contributed by atoms with Gasteiger partial charge in [-0.2, -0.15) is 0 Å². The van der Waals surface area contributed by atoms with Crippen molar-refractivity contribution in [3.05, 3.63) is 66.0 Å². The van der Waals surface area contributed by atoms with Gasteiger partial charge in [0, 0.05) is 30.1 Å². The molecule has 2 aliphatic rings. The van der Waals surface area contributed by atoms with E-state index in [1.807, 2.05) is 4.90 Å². The van der Waals surface area contributed by atoms with Crippen molar-refractivity contribution in [2.24, 2.45) is 10.9 Å². The number of aliphatic hydroxyl groups excluding tert-OH is 1. The zero-order valence-corrected chi connectivity index (χ0v) is 23.4. The highest BCUT2D eigenvalue weighted by Gasteiger charge is 2.52. The first-order valence-corrected chi connectivity index (χ1v) is 13.7. The normalized spacial score (nSPS) is 20.2. The van der Waals surface area contributed by atoms with Crippen molar-refractivity contribution < 1.29 is 23.8 Å². The van der Waals surface area contributed by atoms with Gasteiger partial charge in [0.1, 0.15) is 16.8 Å². The van der Waals surface area contributed by atoms with Gasteiger partial charge in [-0.15, -0.1) is 0 Å². The number of nitrogens with zero attached hydrogens (tertiary/aromatic N) is 7. The number of nitrogens with one attached hydrogen (secondary N) is 2. The number of alkyl carbamates (subject to hydrolysis) is 1. The van der Waals surface area contributed by atoms with Gasteiger partial charge in [0.15, 0.2) is 11.0 Å². The number of amidine groups is 1. The molecule has 214 valence electrons. The Bertz CT molecular complexity index is 1470. The third-order valence-electron chi connectivity index (χ3n) is 6.33. The molecule has 0 saturated carbocycles. The molecule has 2 aliphatic heterocycles. The SMILES string of the molecule is CC(C)(C)OC(=O)NC1=NC2(c3cc(NC(=O)c4cnc(CO)cn4)ccn3)CN(c3ncc(F)cn3)C[C@H]2CS1. The molecule has 3 aromatic heterocycles. The lowest BCUT2D eigenvalue weighted by Gasteiger charge is -2.34. The molecule has 13 nitrogen and oxygen atoms in total. The maximum absolute atomic E-state index is 13.5. The number of aliphatic hydroxyl groups is 1. The van der Waals surface area contributed by atoms with Crippen LogP contribution < -0.4 is 15.5 Å². The van der Waals surface area contributed by atoms with Crippen LogP contribution in [0.1, 0.15) is 42.6 Å². The molecule has 1 unspecified atom stereocenters. The van der Waals surface area contributed by atoms with E-state index in [1.54, 1.807) is 39.1 Å². The summed E-state index contributed by atoms with van der Waals surface area (Å²) >= 11 is 1.38. The molecule has 0 aromatic carbocycles. The Kier molecular flexibility index (Phi) is 7.82. The Morgan fingerprint density at radius 2 is 1.93 bits per heavy atom. The van der Waals surface area contributed by atoms with Crippen molar-refractivity contribution in [2.45, 2.75) is 38.5 Å². The Morgan fingerprint density at radius 1 is 1.15 bits per heavy atom. The Hall–Kier alpha value is -4.24. The highest BCUT2D eigenvalue weighted by atomic mass is 32.2. The number of anilines is 2. The standard InChI is InChI=1S/C26H28FN9O4S/c1-25(2,3)40-24(39)34-23-35-26(14-36(11-15(26)13-41-23)22-31-7-16(27)8-32-22)20-6-17(4-5-28-20)33-21(38)19-10-29-18(12-37)9-30-19/h4-10,15,37H,11-14H2,1-3H3,(H,28,33,38)(H,34,35,39)/t15-,26?/m0/s1. The van der Waals surface area contributed by atoms with Gasteiger partial charge in [0.25, 0.3) is 5.91 Å². The summed E-state index contributed by atoms with van der Waals surface area (Å²) in [6.45, 7) is 5.83. The van der Waals surface area contributed by atoms with Gasteiger partial charge in [0.05, 0.1) is 49.3 Å². The summed E-state index contributed by atoms with van der Waals surface area (Å²) in [5.41, 5.74) is -0.212. The minimum atomic E-state index is -0.948. The number of fused-ring (bicyclic) bond motifs is 1. The van der Waals surface area contributed by atoms with Gasteiger partial charge < -0.3 is 20.1 Å². The Labute approximate surface area is 239 Å². The molecule has 41 heavy (non-hydrogen) atoms. The fourth-order valence-electron chi connectivity index (χ4n) is 4.53. The average molecular weight is 582 g/mol. The highest BCUT2D eigenvalue weighted by molar-refractivity contribution is 8.13. The van der Waals surface area contributed by atoms with Crippen LogP contribution >= 0.6 is 11.8 Å². The molecule has 1 fully saturated rings. The van der Waals surface area contributed by atoms with Crippen molar-refractivity contribution in [3.8, 4) is 0 Å². The van der Waals surface area contributed by atoms with Crippen LogP contribution in [0.2, 0.25) is 0 Å². The number of carbonyl (C=O) groups is 2. The molecule has 3 aromatic rings. The van der Waals surface area contributed by atoms with Crippen LogP contribution in [0.3, 0.4) is 0 Å². The van der Waals surface area contributed by atoms with E-state index in [-0.39, 0.29) is 18.2 Å². The van der Waals surface area contributed by atoms with E-state index in [4.69, 9.17) is 9.73 Å². The van der Waals surface area contributed by atoms with Crippen LogP contribution in [-0.2, 0) is 16.9 Å². The van der Waals surface area contributed by atoms with Gasteiger partial charge in [-0.25, -0.2) is 29.1 Å². The van der Waals surface area contributed by atoms with Gasteiger partial charge in [-0.3, -0.25) is 20.1 Å². The number of rotatable bonds is 5. The monoisotopic (exact) mass is 581 g/mol. The number of thioether (sulfide) groups is 1. The minimum absolute atomic E-state index is 0.0769. The smallest absolute Gasteiger partial charge is 0.413 e. The van der Waals surface area contributed by atoms with E-state index in [0.29, 0.717) is 47.0 Å². The second-order valence-corrected chi connectivity index (χ2v) is 11.5. The van der Waals surface area contributed by atoms with Crippen LogP contribution in [0.25, 0.3) is 0 Å². The summed E-state index contributed by atoms with van der Waals surface area (Å²) < 4.78 is 18.9. The van der Waals surface area contributed by atoms with Crippen LogP contribution in [0.5, 0.6) is 0 Å². The van der Waals surface area contributed by atoms with Crippen molar-refractivity contribution in [1.82, 2.24) is 30.2 Å². The number of pyridine rings is 1. The first-order valence-electron chi connectivity index (χ1n) is 12.7. The molecule has 3 N–H and O–H groups in total. The van der Waals surface area contributed by atoms with Crippen molar-refractivity contribution >= 4 is 40.6 Å². The number of ether oxygens (including phenoxy) is 1. The highest BCUT2D eigenvalue weighted by Crippen LogP contribution is 2.46. The zero-order valence-electron chi connectivity index (χ0n) is 22.5. The summed E-state index contributed by atoms with van der Waals surface area (Å²) in [5, 5.41) is 15.1. The molecule has 5 rings (SSSR count). The molecule has 1 saturated heterocycles. The van der Waals surface area contributed by atoms with Gasteiger partial charge in [-0.05, 0) is 32.9 Å². The van der Waals surface area contributed by atoms with E-state index in [0.717, 1.165) is 12.4 Å². The van der Waals surface area contributed by atoms with Crippen molar-refractivity contribution in [1.29, 1.82) is 0 Å². The molecule has 15 heteroatoms. The number of aromatic nitrogens is 5. The van der Waals surface area contributed by atoms with Crippen LogP contribution in [0, 0.1) is 11.7 Å². The maximum Gasteiger partial charge on any atom is 0.413 e. The van der Waals surface area contributed by atoms with Gasteiger partial charge in [-0.1, -0.05) is 11.8 Å². The third-order valence-corrected chi connectivity index (χ3v) is 7.36. The number of aliphatic imine (C=N–C) groups is 1. The molecule has 2 amide bonds.